The standard InChI is InChI=1S/C16H22ClN3O2/c17-11-3-6-14-13(7-11)19-9-15(22-14)16(21)20-12-4-1-10(8-18)2-5-12/h3,6-7,10,12,15,19H,1-2,4-5,8-9,18H2,(H,20,21). The lowest BCUT2D eigenvalue weighted by molar-refractivity contribution is -0.128. The minimum Gasteiger partial charge on any atom is -0.477 e. The minimum atomic E-state index is -0.499. The van der Waals surface area contributed by atoms with E-state index in [0.717, 1.165) is 37.9 Å². The van der Waals surface area contributed by atoms with Crippen LogP contribution >= 0.6 is 11.6 Å². The van der Waals surface area contributed by atoms with E-state index in [-0.39, 0.29) is 11.9 Å². The van der Waals surface area contributed by atoms with E-state index in [1.165, 1.54) is 0 Å². The quantitative estimate of drug-likeness (QED) is 0.796. The van der Waals surface area contributed by atoms with Gasteiger partial charge in [0.05, 0.1) is 12.2 Å². The van der Waals surface area contributed by atoms with Gasteiger partial charge in [-0.3, -0.25) is 4.79 Å². The number of carbonyl (C=O) groups excluding carboxylic acids is 1. The zero-order valence-corrected chi connectivity index (χ0v) is 13.2. The van der Waals surface area contributed by atoms with Crippen molar-refractivity contribution in [2.45, 2.75) is 37.8 Å². The Morgan fingerprint density at radius 1 is 1.36 bits per heavy atom. The van der Waals surface area contributed by atoms with Gasteiger partial charge in [0.15, 0.2) is 6.10 Å². The molecule has 0 bridgehead atoms. The van der Waals surface area contributed by atoms with E-state index in [0.29, 0.717) is 23.2 Å². The molecule has 0 spiro atoms. The number of benzene rings is 1. The summed E-state index contributed by atoms with van der Waals surface area (Å²) in [6.07, 6.45) is 3.68. The smallest absolute Gasteiger partial charge is 0.263 e. The summed E-state index contributed by atoms with van der Waals surface area (Å²) in [5.74, 6) is 1.23. The first kappa shape index (κ1) is 15.4. The van der Waals surface area contributed by atoms with Gasteiger partial charge in [0, 0.05) is 11.1 Å². The van der Waals surface area contributed by atoms with Gasteiger partial charge in [-0.1, -0.05) is 11.6 Å². The van der Waals surface area contributed by atoms with Gasteiger partial charge in [0.25, 0.3) is 5.91 Å². The highest BCUT2D eigenvalue weighted by atomic mass is 35.5. The molecule has 6 heteroatoms. The fourth-order valence-electron chi connectivity index (χ4n) is 3.12. The number of carbonyl (C=O) groups is 1. The molecule has 0 saturated heterocycles. The van der Waals surface area contributed by atoms with E-state index >= 15 is 0 Å². The average Bonchev–Trinajstić information content (AvgIpc) is 2.55. The monoisotopic (exact) mass is 323 g/mol. The van der Waals surface area contributed by atoms with Crippen LogP contribution in [0.1, 0.15) is 25.7 Å². The van der Waals surface area contributed by atoms with Crippen molar-refractivity contribution in [3.63, 3.8) is 0 Å². The molecule has 1 aliphatic carbocycles. The highest BCUT2D eigenvalue weighted by Gasteiger charge is 2.29. The number of nitrogens with two attached hydrogens (primary N) is 1. The maximum Gasteiger partial charge on any atom is 0.263 e. The Morgan fingerprint density at radius 2 is 2.14 bits per heavy atom. The van der Waals surface area contributed by atoms with Crippen LogP contribution in [0, 0.1) is 5.92 Å². The van der Waals surface area contributed by atoms with E-state index < -0.39 is 6.10 Å². The van der Waals surface area contributed by atoms with Crippen LogP contribution in [0.3, 0.4) is 0 Å². The van der Waals surface area contributed by atoms with Crippen LogP contribution in [-0.2, 0) is 4.79 Å². The van der Waals surface area contributed by atoms with Gasteiger partial charge in [0.1, 0.15) is 5.75 Å². The van der Waals surface area contributed by atoms with Gasteiger partial charge in [-0.05, 0) is 56.3 Å². The second-order valence-electron chi connectivity index (χ2n) is 6.09. The number of nitrogens with one attached hydrogen (secondary N) is 2. The molecule has 1 fully saturated rings. The van der Waals surface area contributed by atoms with Gasteiger partial charge in [0.2, 0.25) is 0 Å². The molecule has 1 aliphatic heterocycles. The molecule has 1 unspecified atom stereocenters. The van der Waals surface area contributed by atoms with Crippen molar-refractivity contribution >= 4 is 23.2 Å². The third kappa shape index (κ3) is 3.47. The van der Waals surface area contributed by atoms with Gasteiger partial charge in [-0.15, -0.1) is 0 Å². The van der Waals surface area contributed by atoms with E-state index in [9.17, 15) is 4.79 Å². The highest BCUT2D eigenvalue weighted by Crippen LogP contribution is 2.31. The van der Waals surface area contributed by atoms with Crippen LogP contribution in [-0.4, -0.2) is 31.1 Å². The number of hydrogen-bond donors (Lipinski definition) is 3. The molecule has 0 radical (unpaired) electrons. The lowest BCUT2D eigenvalue weighted by Crippen LogP contribution is -2.49. The third-order valence-corrected chi connectivity index (χ3v) is 4.74. The van der Waals surface area contributed by atoms with E-state index in [2.05, 4.69) is 10.6 Å². The zero-order chi connectivity index (χ0) is 15.5. The Balaban J connectivity index is 1.54. The lowest BCUT2D eigenvalue weighted by atomic mass is 9.86. The summed E-state index contributed by atoms with van der Waals surface area (Å²) in [4.78, 5) is 12.4. The van der Waals surface area contributed by atoms with Gasteiger partial charge in [-0.2, -0.15) is 0 Å². The van der Waals surface area contributed by atoms with Gasteiger partial charge in [-0.25, -0.2) is 0 Å². The molecule has 1 aromatic rings. The van der Waals surface area contributed by atoms with Crippen molar-refractivity contribution in [2.24, 2.45) is 11.7 Å². The number of fused-ring (bicyclic) bond motifs is 1. The van der Waals surface area contributed by atoms with Gasteiger partial charge < -0.3 is 21.1 Å². The topological polar surface area (TPSA) is 76.4 Å². The molecule has 1 amide bonds. The van der Waals surface area contributed by atoms with Crippen molar-refractivity contribution in [1.82, 2.24) is 5.32 Å². The highest BCUT2D eigenvalue weighted by molar-refractivity contribution is 6.30. The summed E-state index contributed by atoms with van der Waals surface area (Å²) in [7, 11) is 0. The van der Waals surface area contributed by atoms with Crippen molar-refractivity contribution in [1.29, 1.82) is 0 Å². The van der Waals surface area contributed by atoms with E-state index in [4.69, 9.17) is 22.1 Å². The lowest BCUT2D eigenvalue weighted by Gasteiger charge is -2.31. The summed E-state index contributed by atoms with van der Waals surface area (Å²) in [5.41, 5.74) is 6.53. The SMILES string of the molecule is NCC1CCC(NC(=O)C2CNc3cc(Cl)ccc3O2)CC1. The Labute approximate surface area is 135 Å². The summed E-state index contributed by atoms with van der Waals surface area (Å²) < 4.78 is 5.78. The molecular formula is C16H22ClN3O2. The number of halogens is 1. The Kier molecular flexibility index (Phi) is 4.74. The van der Waals surface area contributed by atoms with E-state index in [1.807, 2.05) is 0 Å². The molecule has 1 aromatic carbocycles. The van der Waals surface area contributed by atoms with Gasteiger partial charge >= 0.3 is 0 Å². The van der Waals surface area contributed by atoms with Crippen LogP contribution < -0.4 is 21.1 Å². The summed E-state index contributed by atoms with van der Waals surface area (Å²) in [6.45, 7) is 1.20. The molecule has 0 aromatic heterocycles. The molecule has 2 aliphatic rings. The predicted molar refractivity (Wildman–Crippen MR) is 87.3 cm³/mol. The first-order chi connectivity index (χ1) is 10.7. The number of anilines is 1. The number of rotatable bonds is 3. The van der Waals surface area contributed by atoms with Crippen LogP contribution in [0.5, 0.6) is 5.75 Å². The van der Waals surface area contributed by atoms with Crippen LogP contribution in [0.4, 0.5) is 5.69 Å². The zero-order valence-electron chi connectivity index (χ0n) is 12.5. The molecule has 22 heavy (non-hydrogen) atoms. The number of amides is 1. The molecule has 120 valence electrons. The number of ether oxygens (including phenoxy) is 1. The first-order valence-corrected chi connectivity index (χ1v) is 8.24. The summed E-state index contributed by atoms with van der Waals surface area (Å²) >= 11 is 5.94. The van der Waals surface area contributed by atoms with Crippen LogP contribution in [0.25, 0.3) is 0 Å². The third-order valence-electron chi connectivity index (χ3n) is 4.51. The molecular weight excluding hydrogens is 302 g/mol. The van der Waals surface area contributed by atoms with Crippen LogP contribution in [0.2, 0.25) is 5.02 Å². The van der Waals surface area contributed by atoms with E-state index in [1.54, 1.807) is 18.2 Å². The Morgan fingerprint density at radius 3 is 2.86 bits per heavy atom. The second kappa shape index (κ2) is 6.75. The maximum absolute atomic E-state index is 12.4. The fraction of sp³-hybridized carbons (Fsp3) is 0.562. The molecule has 1 atom stereocenters. The first-order valence-electron chi connectivity index (χ1n) is 7.86. The normalized spacial score (nSPS) is 27.3. The molecule has 5 nitrogen and oxygen atoms in total. The predicted octanol–water partition coefficient (Wildman–Crippen LogP) is 2.15. The molecule has 1 saturated carbocycles. The molecule has 4 N–H and O–H groups in total. The summed E-state index contributed by atoms with van der Waals surface area (Å²) in [6, 6.07) is 5.59. The van der Waals surface area contributed by atoms with Crippen LogP contribution in [0.15, 0.2) is 18.2 Å². The fourth-order valence-corrected chi connectivity index (χ4v) is 3.30. The Hall–Kier alpha value is -1.46. The largest absolute Gasteiger partial charge is 0.477 e. The number of hydrogen-bond acceptors (Lipinski definition) is 4. The molecule has 3 rings (SSSR count). The van der Waals surface area contributed by atoms with Crippen molar-refractivity contribution < 1.29 is 9.53 Å². The van der Waals surface area contributed by atoms with Crippen molar-refractivity contribution in [2.75, 3.05) is 18.4 Å². The summed E-state index contributed by atoms with van der Waals surface area (Å²) in [5, 5.41) is 6.95. The minimum absolute atomic E-state index is 0.0516. The maximum atomic E-state index is 12.4. The average molecular weight is 324 g/mol. The Bertz CT molecular complexity index is 544. The van der Waals surface area contributed by atoms with Crippen molar-refractivity contribution in [3.8, 4) is 5.75 Å². The second-order valence-corrected chi connectivity index (χ2v) is 6.53. The molecule has 1 heterocycles. The van der Waals surface area contributed by atoms with Crippen molar-refractivity contribution in [3.05, 3.63) is 23.2 Å².